The van der Waals surface area contributed by atoms with Crippen molar-refractivity contribution < 1.29 is 8.42 Å². The van der Waals surface area contributed by atoms with Gasteiger partial charge in [0.1, 0.15) is 4.90 Å². The minimum absolute atomic E-state index is 0. The summed E-state index contributed by atoms with van der Waals surface area (Å²) in [6.45, 7) is 4.30. The fourth-order valence-electron chi connectivity index (χ4n) is 2.66. The van der Waals surface area contributed by atoms with Gasteiger partial charge < -0.3 is 4.57 Å². The zero-order valence-electron chi connectivity index (χ0n) is 15.6. The molecule has 0 unspecified atom stereocenters. The highest BCUT2D eigenvalue weighted by Crippen LogP contribution is 2.28. The SMILES string of the molecule is CC(C)c1ccc(N=c2scc(-c3ccc(Cl)c(S(N)(=O)=O)c3)n2C)cc1.Cl. The standard InChI is InChI=1S/C19H20ClN3O2S2.ClH/c1-12(2)13-4-7-15(8-5-13)22-19-23(3)17(11-26-19)14-6-9-16(20)18(10-14)27(21,24)25;/h4-12H,1-3H3,(H2,21,24,25);1H. The van der Waals surface area contributed by atoms with Gasteiger partial charge in [0, 0.05) is 18.0 Å². The summed E-state index contributed by atoms with van der Waals surface area (Å²) in [7, 11) is -2.00. The van der Waals surface area contributed by atoms with Crippen LogP contribution in [0.2, 0.25) is 5.02 Å². The number of halogens is 2. The summed E-state index contributed by atoms with van der Waals surface area (Å²) in [5, 5.41) is 7.28. The summed E-state index contributed by atoms with van der Waals surface area (Å²) in [5.41, 5.74) is 3.67. The third-order valence-electron chi connectivity index (χ3n) is 4.24. The second-order valence-corrected chi connectivity index (χ2v) is 9.28. The Bertz CT molecular complexity index is 1150. The van der Waals surface area contributed by atoms with Gasteiger partial charge in [0.05, 0.1) is 16.4 Å². The molecule has 3 aromatic rings. The molecule has 1 heterocycles. The minimum Gasteiger partial charge on any atom is -0.320 e. The van der Waals surface area contributed by atoms with Gasteiger partial charge in [-0.15, -0.1) is 23.7 Å². The molecule has 0 bridgehead atoms. The predicted octanol–water partition coefficient (Wildman–Crippen LogP) is 4.83. The number of nitrogens with two attached hydrogens (primary N) is 1. The summed E-state index contributed by atoms with van der Waals surface area (Å²) >= 11 is 7.45. The van der Waals surface area contributed by atoms with Gasteiger partial charge >= 0.3 is 0 Å². The Labute approximate surface area is 180 Å². The Kier molecular flexibility index (Phi) is 7.12. The Morgan fingerprint density at radius 2 is 1.79 bits per heavy atom. The van der Waals surface area contributed by atoms with E-state index < -0.39 is 10.0 Å². The summed E-state index contributed by atoms with van der Waals surface area (Å²) in [4.78, 5) is 5.40. The number of sulfonamides is 1. The van der Waals surface area contributed by atoms with Gasteiger partial charge in [0.2, 0.25) is 10.0 Å². The molecular formula is C19H21Cl2N3O2S2. The Morgan fingerprint density at radius 3 is 2.36 bits per heavy atom. The fraction of sp³-hybridized carbons (Fsp3) is 0.211. The quantitative estimate of drug-likeness (QED) is 0.608. The summed E-state index contributed by atoms with van der Waals surface area (Å²) in [6.07, 6.45) is 0. The molecule has 0 amide bonds. The first-order chi connectivity index (χ1) is 12.7. The van der Waals surface area contributed by atoms with Crippen LogP contribution in [0, 0.1) is 0 Å². The summed E-state index contributed by atoms with van der Waals surface area (Å²) in [5.74, 6) is 0.474. The molecular weight excluding hydrogens is 437 g/mol. The van der Waals surface area contributed by atoms with Gasteiger partial charge in [-0.25, -0.2) is 18.5 Å². The molecule has 0 aliphatic heterocycles. The lowest BCUT2D eigenvalue weighted by molar-refractivity contribution is 0.598. The highest BCUT2D eigenvalue weighted by molar-refractivity contribution is 7.89. The van der Waals surface area contributed by atoms with E-state index in [0.717, 1.165) is 16.2 Å². The van der Waals surface area contributed by atoms with Crippen LogP contribution in [0.25, 0.3) is 11.3 Å². The van der Waals surface area contributed by atoms with Crippen molar-refractivity contribution in [3.63, 3.8) is 0 Å². The smallest absolute Gasteiger partial charge is 0.239 e. The van der Waals surface area contributed by atoms with Gasteiger partial charge in [-0.2, -0.15) is 0 Å². The molecule has 28 heavy (non-hydrogen) atoms. The van der Waals surface area contributed by atoms with E-state index >= 15 is 0 Å². The molecule has 3 rings (SSSR count). The zero-order chi connectivity index (χ0) is 19.8. The van der Waals surface area contributed by atoms with E-state index in [2.05, 4.69) is 31.0 Å². The molecule has 0 fully saturated rings. The number of rotatable bonds is 4. The maximum atomic E-state index is 11.7. The van der Waals surface area contributed by atoms with Crippen LogP contribution < -0.4 is 9.94 Å². The van der Waals surface area contributed by atoms with Crippen molar-refractivity contribution in [3.05, 3.63) is 63.2 Å². The third-order valence-corrected chi connectivity index (χ3v) is 6.55. The molecule has 0 spiro atoms. The molecule has 5 nitrogen and oxygen atoms in total. The topological polar surface area (TPSA) is 77.4 Å². The fourth-order valence-corrected chi connectivity index (χ4v) is 4.65. The van der Waals surface area contributed by atoms with Crippen molar-refractivity contribution in [3.8, 4) is 11.3 Å². The van der Waals surface area contributed by atoms with Crippen LogP contribution in [-0.4, -0.2) is 13.0 Å². The maximum Gasteiger partial charge on any atom is 0.239 e. The lowest BCUT2D eigenvalue weighted by Gasteiger charge is -2.07. The molecule has 2 N–H and O–H groups in total. The molecule has 0 saturated heterocycles. The highest BCUT2D eigenvalue weighted by Gasteiger charge is 2.15. The first-order valence-electron chi connectivity index (χ1n) is 8.29. The van der Waals surface area contributed by atoms with E-state index in [0.29, 0.717) is 11.5 Å². The molecule has 0 atom stereocenters. The molecule has 0 saturated carbocycles. The van der Waals surface area contributed by atoms with Crippen molar-refractivity contribution in [2.24, 2.45) is 17.2 Å². The number of primary sulfonamides is 1. The zero-order valence-corrected chi connectivity index (χ0v) is 18.8. The number of benzene rings is 2. The first kappa shape index (κ1) is 22.6. The lowest BCUT2D eigenvalue weighted by atomic mass is 10.0. The monoisotopic (exact) mass is 457 g/mol. The Morgan fingerprint density at radius 1 is 1.14 bits per heavy atom. The molecule has 9 heteroatoms. The van der Waals surface area contributed by atoms with Crippen LogP contribution in [-0.2, 0) is 17.1 Å². The van der Waals surface area contributed by atoms with E-state index in [4.69, 9.17) is 16.7 Å². The molecule has 0 aliphatic carbocycles. The van der Waals surface area contributed by atoms with Gasteiger partial charge in [-0.3, -0.25) is 0 Å². The third kappa shape index (κ3) is 4.85. The van der Waals surface area contributed by atoms with E-state index in [1.54, 1.807) is 6.07 Å². The van der Waals surface area contributed by atoms with E-state index in [1.807, 2.05) is 29.1 Å². The molecule has 1 aromatic heterocycles. The van der Waals surface area contributed by atoms with Gasteiger partial charge in [0.15, 0.2) is 4.80 Å². The number of nitrogens with zero attached hydrogens (tertiary/aromatic N) is 2. The van der Waals surface area contributed by atoms with Gasteiger partial charge in [-0.1, -0.05) is 43.6 Å². The number of hydrogen-bond acceptors (Lipinski definition) is 4. The average molecular weight is 458 g/mol. The largest absolute Gasteiger partial charge is 0.320 e. The van der Waals surface area contributed by atoms with Crippen LogP contribution in [0.3, 0.4) is 0 Å². The van der Waals surface area contributed by atoms with Gasteiger partial charge in [0.25, 0.3) is 0 Å². The van der Waals surface area contributed by atoms with Crippen molar-refractivity contribution >= 4 is 51.1 Å². The predicted molar refractivity (Wildman–Crippen MR) is 118 cm³/mol. The molecule has 0 radical (unpaired) electrons. The van der Waals surface area contributed by atoms with Crippen molar-refractivity contribution in [1.82, 2.24) is 4.57 Å². The van der Waals surface area contributed by atoms with Crippen LogP contribution >= 0.6 is 35.3 Å². The van der Waals surface area contributed by atoms with Crippen LogP contribution in [0.1, 0.15) is 25.3 Å². The van der Waals surface area contributed by atoms with Crippen molar-refractivity contribution in [2.45, 2.75) is 24.7 Å². The molecule has 150 valence electrons. The average Bonchev–Trinajstić information content (AvgIpc) is 2.95. The normalized spacial score (nSPS) is 12.3. The summed E-state index contributed by atoms with van der Waals surface area (Å²) in [6, 6.07) is 12.9. The second-order valence-electron chi connectivity index (χ2n) is 6.51. The van der Waals surface area contributed by atoms with Gasteiger partial charge in [-0.05, 0) is 35.7 Å². The number of thiazole rings is 1. The second kappa shape index (κ2) is 8.80. The molecule has 2 aromatic carbocycles. The van der Waals surface area contributed by atoms with Crippen molar-refractivity contribution in [1.29, 1.82) is 0 Å². The number of hydrogen-bond donors (Lipinski definition) is 1. The summed E-state index contributed by atoms with van der Waals surface area (Å²) < 4.78 is 25.3. The Hall–Kier alpha value is -1.64. The maximum absolute atomic E-state index is 11.7. The molecule has 0 aliphatic rings. The van der Waals surface area contributed by atoms with Crippen LogP contribution in [0.5, 0.6) is 0 Å². The lowest BCUT2D eigenvalue weighted by Crippen LogP contribution is -2.13. The minimum atomic E-state index is -3.89. The number of aromatic nitrogens is 1. The van der Waals surface area contributed by atoms with E-state index in [9.17, 15) is 8.42 Å². The van der Waals surface area contributed by atoms with Crippen LogP contribution in [0.15, 0.2) is 57.7 Å². The van der Waals surface area contributed by atoms with E-state index in [-0.39, 0.29) is 22.3 Å². The highest BCUT2D eigenvalue weighted by atomic mass is 35.5. The van der Waals surface area contributed by atoms with E-state index in [1.165, 1.54) is 29.0 Å². The first-order valence-corrected chi connectivity index (χ1v) is 11.1. The Balaban J connectivity index is 0.00000280. The van der Waals surface area contributed by atoms with Crippen molar-refractivity contribution in [2.75, 3.05) is 0 Å². The van der Waals surface area contributed by atoms with Crippen LogP contribution in [0.4, 0.5) is 5.69 Å².